The summed E-state index contributed by atoms with van der Waals surface area (Å²) in [6.45, 7) is 5.34. The Morgan fingerprint density at radius 2 is 2.13 bits per heavy atom. The minimum atomic E-state index is -0.192. The minimum Gasteiger partial charge on any atom is -0.381 e. The Labute approximate surface area is 135 Å². The monoisotopic (exact) mass is 324 g/mol. The third kappa shape index (κ3) is 4.27. The van der Waals surface area contributed by atoms with Crippen LogP contribution in [0.4, 0.5) is 0 Å². The van der Waals surface area contributed by atoms with Crippen LogP contribution in [-0.4, -0.2) is 74.5 Å². The van der Waals surface area contributed by atoms with Gasteiger partial charge in [0.05, 0.1) is 19.8 Å². The number of hydrogen-bond donors (Lipinski definition) is 2. The fourth-order valence-electron chi connectivity index (χ4n) is 3.30. The van der Waals surface area contributed by atoms with Gasteiger partial charge in [-0.2, -0.15) is 5.10 Å². The largest absolute Gasteiger partial charge is 0.381 e. The molecule has 0 spiro atoms. The van der Waals surface area contributed by atoms with Crippen molar-refractivity contribution in [1.29, 1.82) is 0 Å². The predicted molar refractivity (Wildman–Crippen MR) is 82.9 cm³/mol. The highest BCUT2D eigenvalue weighted by Gasteiger charge is 2.32. The van der Waals surface area contributed by atoms with Crippen molar-refractivity contribution < 1.29 is 19.1 Å². The molecule has 2 N–H and O–H groups in total. The molecule has 3 aliphatic heterocycles. The van der Waals surface area contributed by atoms with Crippen LogP contribution >= 0.6 is 0 Å². The van der Waals surface area contributed by atoms with Gasteiger partial charge in [0.25, 0.3) is 5.91 Å². The van der Waals surface area contributed by atoms with Gasteiger partial charge in [-0.05, 0) is 6.42 Å². The number of nitrogens with zero attached hydrogens (tertiary/aromatic N) is 2. The number of carbonyl (C=O) groups is 2. The first-order chi connectivity index (χ1) is 11.2. The van der Waals surface area contributed by atoms with Crippen LogP contribution in [0.1, 0.15) is 19.3 Å². The summed E-state index contributed by atoms with van der Waals surface area (Å²) < 4.78 is 10.9. The average Bonchev–Trinajstić information content (AvgIpc) is 3.11. The molecule has 23 heavy (non-hydrogen) atoms. The Balaban J connectivity index is 1.57. The fourth-order valence-corrected chi connectivity index (χ4v) is 3.30. The number of ether oxygens (including phenoxy) is 2. The molecule has 8 heteroatoms. The van der Waals surface area contributed by atoms with Gasteiger partial charge in [-0.25, -0.2) is 5.43 Å². The van der Waals surface area contributed by atoms with Crippen molar-refractivity contribution in [1.82, 2.24) is 15.6 Å². The second kappa shape index (κ2) is 7.85. The van der Waals surface area contributed by atoms with Crippen LogP contribution < -0.4 is 10.7 Å². The SMILES string of the molecule is O=C1CCC(C(=O)NCC(C2CCOC2)N2CCOCC2)=NN1. The smallest absolute Gasteiger partial charge is 0.267 e. The average molecular weight is 324 g/mol. The van der Waals surface area contributed by atoms with Gasteiger partial charge in [0.1, 0.15) is 5.71 Å². The van der Waals surface area contributed by atoms with Gasteiger partial charge in [-0.1, -0.05) is 0 Å². The summed E-state index contributed by atoms with van der Waals surface area (Å²) >= 11 is 0. The summed E-state index contributed by atoms with van der Waals surface area (Å²) in [6, 6.07) is 0.254. The molecule has 0 bridgehead atoms. The number of nitrogens with one attached hydrogen (secondary N) is 2. The third-order valence-corrected chi connectivity index (χ3v) is 4.66. The molecular weight excluding hydrogens is 300 g/mol. The highest BCUT2D eigenvalue weighted by Crippen LogP contribution is 2.21. The summed E-state index contributed by atoms with van der Waals surface area (Å²) in [6.07, 6.45) is 1.73. The molecule has 0 aromatic heterocycles. The van der Waals surface area contributed by atoms with E-state index >= 15 is 0 Å². The highest BCUT2D eigenvalue weighted by molar-refractivity contribution is 6.39. The molecule has 3 heterocycles. The first-order valence-corrected chi connectivity index (χ1v) is 8.27. The van der Waals surface area contributed by atoms with Gasteiger partial charge < -0.3 is 14.8 Å². The Bertz CT molecular complexity index is 470. The number of hydrogen-bond acceptors (Lipinski definition) is 6. The van der Waals surface area contributed by atoms with Crippen LogP contribution in [0.25, 0.3) is 0 Å². The topological polar surface area (TPSA) is 92.3 Å². The van der Waals surface area contributed by atoms with E-state index in [1.807, 2.05) is 0 Å². The van der Waals surface area contributed by atoms with Crippen molar-refractivity contribution in [2.75, 3.05) is 46.1 Å². The Kier molecular flexibility index (Phi) is 5.58. The van der Waals surface area contributed by atoms with E-state index in [0.29, 0.717) is 31.0 Å². The van der Waals surface area contributed by atoms with Crippen molar-refractivity contribution in [3.8, 4) is 0 Å². The van der Waals surface area contributed by atoms with Crippen LogP contribution in [0.2, 0.25) is 0 Å². The normalized spacial score (nSPS) is 27.2. The van der Waals surface area contributed by atoms with E-state index in [2.05, 4.69) is 20.7 Å². The van der Waals surface area contributed by atoms with Gasteiger partial charge in [0, 0.05) is 51.0 Å². The highest BCUT2D eigenvalue weighted by atomic mass is 16.5. The van der Waals surface area contributed by atoms with E-state index in [-0.39, 0.29) is 17.9 Å². The summed E-state index contributed by atoms with van der Waals surface area (Å²) in [4.78, 5) is 25.7. The van der Waals surface area contributed by atoms with E-state index in [1.54, 1.807) is 0 Å². The predicted octanol–water partition coefficient (Wildman–Crippen LogP) is -0.894. The lowest BCUT2D eigenvalue weighted by Crippen LogP contribution is -2.53. The maximum absolute atomic E-state index is 12.2. The summed E-state index contributed by atoms with van der Waals surface area (Å²) in [5, 5.41) is 6.83. The maximum atomic E-state index is 12.2. The second-order valence-electron chi connectivity index (χ2n) is 6.14. The van der Waals surface area contributed by atoms with E-state index < -0.39 is 0 Å². The van der Waals surface area contributed by atoms with Crippen LogP contribution in [0, 0.1) is 5.92 Å². The Morgan fingerprint density at radius 3 is 2.78 bits per heavy atom. The third-order valence-electron chi connectivity index (χ3n) is 4.66. The molecule has 0 aliphatic carbocycles. The van der Waals surface area contributed by atoms with E-state index in [9.17, 15) is 9.59 Å². The van der Waals surface area contributed by atoms with Gasteiger partial charge in [-0.3, -0.25) is 14.5 Å². The lowest BCUT2D eigenvalue weighted by atomic mass is 9.96. The van der Waals surface area contributed by atoms with Crippen LogP contribution in [0.15, 0.2) is 5.10 Å². The molecule has 3 rings (SSSR count). The van der Waals surface area contributed by atoms with Gasteiger partial charge in [0.2, 0.25) is 5.91 Å². The number of carbonyl (C=O) groups excluding carboxylic acids is 2. The molecule has 2 saturated heterocycles. The molecule has 128 valence electrons. The maximum Gasteiger partial charge on any atom is 0.267 e. The first-order valence-electron chi connectivity index (χ1n) is 8.27. The van der Waals surface area contributed by atoms with Gasteiger partial charge in [0.15, 0.2) is 0 Å². The van der Waals surface area contributed by atoms with Crippen molar-refractivity contribution >= 4 is 17.5 Å². The lowest BCUT2D eigenvalue weighted by molar-refractivity contribution is -0.121. The number of rotatable bonds is 5. The van der Waals surface area contributed by atoms with Crippen molar-refractivity contribution in [2.45, 2.75) is 25.3 Å². The van der Waals surface area contributed by atoms with Gasteiger partial charge >= 0.3 is 0 Å². The zero-order valence-electron chi connectivity index (χ0n) is 13.3. The lowest BCUT2D eigenvalue weighted by Gasteiger charge is -2.37. The number of morpholine rings is 1. The minimum absolute atomic E-state index is 0.143. The van der Waals surface area contributed by atoms with E-state index in [0.717, 1.165) is 45.9 Å². The summed E-state index contributed by atoms with van der Waals surface area (Å²) in [7, 11) is 0. The molecule has 0 radical (unpaired) electrons. The van der Waals surface area contributed by atoms with Crippen molar-refractivity contribution in [3.63, 3.8) is 0 Å². The second-order valence-corrected chi connectivity index (χ2v) is 6.14. The molecule has 0 aromatic carbocycles. The number of amides is 2. The Morgan fingerprint density at radius 1 is 1.30 bits per heavy atom. The Hall–Kier alpha value is -1.51. The molecule has 2 unspecified atom stereocenters. The van der Waals surface area contributed by atoms with E-state index in [4.69, 9.17) is 9.47 Å². The number of hydrazone groups is 1. The quantitative estimate of drug-likeness (QED) is 0.684. The molecule has 2 fully saturated rings. The summed E-state index contributed by atoms with van der Waals surface area (Å²) in [5.41, 5.74) is 2.76. The molecule has 2 amide bonds. The van der Waals surface area contributed by atoms with Crippen LogP contribution in [-0.2, 0) is 19.1 Å². The summed E-state index contributed by atoms with van der Waals surface area (Å²) in [5.74, 6) is 0.0967. The van der Waals surface area contributed by atoms with Crippen molar-refractivity contribution in [3.05, 3.63) is 0 Å². The van der Waals surface area contributed by atoms with Crippen molar-refractivity contribution in [2.24, 2.45) is 11.0 Å². The molecular formula is C15H24N4O4. The molecule has 2 atom stereocenters. The zero-order valence-corrected chi connectivity index (χ0v) is 13.3. The van der Waals surface area contributed by atoms with Gasteiger partial charge in [-0.15, -0.1) is 0 Å². The van der Waals surface area contributed by atoms with E-state index in [1.165, 1.54) is 0 Å². The van der Waals surface area contributed by atoms with Crippen LogP contribution in [0.5, 0.6) is 0 Å². The standard InChI is InChI=1S/C15H24N4O4/c20-14-2-1-12(17-18-14)15(21)16-9-13(11-3-6-23-10-11)19-4-7-22-8-5-19/h11,13H,1-10H2,(H,16,21)(H,18,20). The van der Waals surface area contributed by atoms with Crippen LogP contribution in [0.3, 0.4) is 0 Å². The molecule has 3 aliphatic rings. The first kappa shape index (κ1) is 16.4. The fraction of sp³-hybridized carbons (Fsp3) is 0.800. The molecule has 0 aromatic rings. The molecule has 0 saturated carbocycles. The molecule has 8 nitrogen and oxygen atoms in total. The zero-order chi connectivity index (χ0) is 16.1.